The maximum Gasteiger partial charge on any atom is 0.226 e. The van der Waals surface area contributed by atoms with Gasteiger partial charge in [0.15, 0.2) is 11.5 Å². The van der Waals surface area contributed by atoms with E-state index in [-0.39, 0.29) is 12.8 Å². The zero-order valence-electron chi connectivity index (χ0n) is 10.3. The Bertz CT molecular complexity index is 674. The van der Waals surface area contributed by atoms with Gasteiger partial charge in [-0.05, 0) is 6.42 Å². The normalized spacial score (nSPS) is 35.8. The predicted octanol–water partition coefficient (Wildman–Crippen LogP) is -0.197. The minimum absolute atomic E-state index is 0.140. The number of hydrogen-bond acceptors (Lipinski definition) is 7. The lowest BCUT2D eigenvalue weighted by molar-refractivity contribution is -0.178. The average molecular weight is 277 g/mol. The molecule has 2 fully saturated rings. The van der Waals surface area contributed by atoms with Crippen LogP contribution >= 0.6 is 0 Å². The van der Waals surface area contributed by atoms with Gasteiger partial charge in [0.1, 0.15) is 6.10 Å². The fraction of sp³-hybridized carbons (Fsp3) is 0.462. The van der Waals surface area contributed by atoms with Gasteiger partial charge in [-0.2, -0.15) is 5.26 Å². The number of hydrogen-bond donors (Lipinski definition) is 2. The minimum atomic E-state index is -2.23. The van der Waals surface area contributed by atoms with Crippen LogP contribution in [0.3, 0.4) is 0 Å². The molecule has 2 saturated heterocycles. The zero-order valence-corrected chi connectivity index (χ0v) is 10.3. The number of nitrogens with zero attached hydrogens (tertiary/aromatic N) is 1. The highest BCUT2D eigenvalue weighted by Crippen LogP contribution is 2.46. The lowest BCUT2D eigenvalue weighted by Crippen LogP contribution is -2.51. The number of fused-ring (bicyclic) bond motifs is 2. The van der Waals surface area contributed by atoms with E-state index in [4.69, 9.17) is 14.4 Å². The molecule has 0 saturated carbocycles. The Labute approximate surface area is 113 Å². The fourth-order valence-electron chi connectivity index (χ4n) is 2.81. The number of Topliss-reactive ketones (excluding diaryl/α,β-unsaturated/α-hetero) is 1. The summed E-state index contributed by atoms with van der Waals surface area (Å²) < 4.78 is 10.5. The number of carbonyl (C=O) groups excluding carboxylic acids is 1. The Morgan fingerprint density at radius 2 is 2.20 bits per heavy atom. The van der Waals surface area contributed by atoms with Crippen molar-refractivity contribution < 1.29 is 24.2 Å². The van der Waals surface area contributed by atoms with Gasteiger partial charge in [0.2, 0.25) is 16.8 Å². The molecule has 3 rings (SSSR count). The summed E-state index contributed by atoms with van der Waals surface area (Å²) in [5, 5.41) is 29.4. The third-order valence-electron chi connectivity index (χ3n) is 3.90. The van der Waals surface area contributed by atoms with Gasteiger partial charge in [-0.15, -0.1) is 0 Å². The third kappa shape index (κ3) is 1.52. The van der Waals surface area contributed by atoms with Gasteiger partial charge in [0.05, 0.1) is 24.4 Å². The average Bonchev–Trinajstić information content (AvgIpc) is 2.79. The minimum Gasteiger partial charge on any atom is -0.502 e. The van der Waals surface area contributed by atoms with Crippen LogP contribution in [0.2, 0.25) is 0 Å². The standard InChI is InChI=1S/C13H11NO6/c14-5-6-3-10-13(18,9(16)4-8(6)20-10)12-11(17)7(15)1-2-19-12/h1-2,6,8,10,17-18H,3-4H2/t6-,8+,10-,13+/m1/s1. The molecule has 7 heteroatoms. The number of rotatable bonds is 1. The van der Waals surface area contributed by atoms with E-state index >= 15 is 0 Å². The molecule has 0 aliphatic carbocycles. The molecule has 0 spiro atoms. The summed E-state index contributed by atoms with van der Waals surface area (Å²) in [5.74, 6) is -2.46. The van der Waals surface area contributed by atoms with E-state index in [9.17, 15) is 19.8 Å². The van der Waals surface area contributed by atoms with Crippen molar-refractivity contribution in [3.63, 3.8) is 0 Å². The summed E-state index contributed by atoms with van der Waals surface area (Å²) >= 11 is 0. The molecule has 2 aliphatic rings. The Morgan fingerprint density at radius 1 is 1.45 bits per heavy atom. The first-order valence-corrected chi connectivity index (χ1v) is 6.10. The molecule has 4 atom stereocenters. The van der Waals surface area contributed by atoms with Crippen LogP contribution in [-0.4, -0.2) is 28.2 Å². The molecule has 1 aromatic rings. The maximum absolute atomic E-state index is 12.2. The van der Waals surface area contributed by atoms with Gasteiger partial charge in [-0.3, -0.25) is 9.59 Å². The molecular weight excluding hydrogens is 266 g/mol. The quantitative estimate of drug-likeness (QED) is 0.729. The summed E-state index contributed by atoms with van der Waals surface area (Å²) in [6, 6.07) is 3.01. The molecular formula is C13H11NO6. The first kappa shape index (κ1) is 12.8. The number of carbonyl (C=O) groups is 1. The summed E-state index contributed by atoms with van der Waals surface area (Å²) in [5.41, 5.74) is -2.99. The predicted molar refractivity (Wildman–Crippen MR) is 62.5 cm³/mol. The van der Waals surface area contributed by atoms with E-state index in [0.717, 1.165) is 12.3 Å². The highest BCUT2D eigenvalue weighted by molar-refractivity contribution is 5.90. The number of aromatic hydroxyl groups is 1. The van der Waals surface area contributed by atoms with E-state index in [1.54, 1.807) is 0 Å². The van der Waals surface area contributed by atoms with Crippen LogP contribution in [0.4, 0.5) is 0 Å². The molecule has 1 aromatic heterocycles. The van der Waals surface area contributed by atoms with E-state index in [0.29, 0.717) is 0 Å². The lowest BCUT2D eigenvalue weighted by atomic mass is 9.85. The monoisotopic (exact) mass is 277 g/mol. The van der Waals surface area contributed by atoms with Crippen molar-refractivity contribution in [1.29, 1.82) is 5.26 Å². The van der Waals surface area contributed by atoms with Crippen molar-refractivity contribution >= 4 is 5.78 Å². The summed E-state index contributed by atoms with van der Waals surface area (Å²) in [6.45, 7) is 0. The molecule has 0 unspecified atom stereocenters. The van der Waals surface area contributed by atoms with E-state index in [2.05, 4.69) is 0 Å². The Hall–Kier alpha value is -2.17. The van der Waals surface area contributed by atoms with Crippen LogP contribution in [-0.2, 0) is 15.1 Å². The van der Waals surface area contributed by atoms with Gasteiger partial charge >= 0.3 is 0 Å². The van der Waals surface area contributed by atoms with E-state index in [1.165, 1.54) is 0 Å². The number of ether oxygens (including phenoxy) is 1. The maximum atomic E-state index is 12.2. The second-order valence-corrected chi connectivity index (χ2v) is 4.99. The van der Waals surface area contributed by atoms with Crippen LogP contribution in [0.1, 0.15) is 18.6 Å². The Balaban J connectivity index is 2.12. The van der Waals surface area contributed by atoms with Crippen LogP contribution in [0.15, 0.2) is 21.5 Å². The second-order valence-electron chi connectivity index (χ2n) is 4.99. The Morgan fingerprint density at radius 3 is 2.90 bits per heavy atom. The number of aliphatic hydroxyl groups is 1. The number of nitriles is 1. The molecule has 0 radical (unpaired) electrons. The topological polar surface area (TPSA) is 121 Å². The molecule has 0 aromatic carbocycles. The van der Waals surface area contributed by atoms with Gasteiger partial charge in [0, 0.05) is 12.5 Å². The highest BCUT2D eigenvalue weighted by Gasteiger charge is 2.60. The second kappa shape index (κ2) is 4.16. The molecule has 2 bridgehead atoms. The summed E-state index contributed by atoms with van der Waals surface area (Å²) in [7, 11) is 0. The summed E-state index contributed by atoms with van der Waals surface area (Å²) in [6.07, 6.45) is -0.596. The molecule has 20 heavy (non-hydrogen) atoms. The van der Waals surface area contributed by atoms with Crippen molar-refractivity contribution in [2.75, 3.05) is 0 Å². The molecule has 0 amide bonds. The number of ketones is 1. The molecule has 2 N–H and O–H groups in total. The zero-order chi connectivity index (χ0) is 14.5. The first-order chi connectivity index (χ1) is 9.48. The summed E-state index contributed by atoms with van der Waals surface area (Å²) in [4.78, 5) is 23.6. The molecule has 7 nitrogen and oxygen atoms in total. The van der Waals surface area contributed by atoms with Crippen LogP contribution in [0.5, 0.6) is 5.75 Å². The lowest BCUT2D eigenvalue weighted by Gasteiger charge is -2.35. The third-order valence-corrected chi connectivity index (χ3v) is 3.90. The largest absolute Gasteiger partial charge is 0.502 e. The van der Waals surface area contributed by atoms with Crippen molar-refractivity contribution in [1.82, 2.24) is 0 Å². The molecule has 2 aliphatic heterocycles. The highest BCUT2D eigenvalue weighted by atomic mass is 16.5. The van der Waals surface area contributed by atoms with Gasteiger partial charge in [-0.25, -0.2) is 0 Å². The molecule has 104 valence electrons. The van der Waals surface area contributed by atoms with Crippen molar-refractivity contribution in [2.24, 2.45) is 5.92 Å². The molecule has 3 heterocycles. The van der Waals surface area contributed by atoms with Crippen molar-refractivity contribution in [3.8, 4) is 11.8 Å². The van der Waals surface area contributed by atoms with Crippen LogP contribution < -0.4 is 5.43 Å². The van der Waals surface area contributed by atoms with Gasteiger partial charge < -0.3 is 19.4 Å². The van der Waals surface area contributed by atoms with E-state index in [1.807, 2.05) is 6.07 Å². The van der Waals surface area contributed by atoms with Crippen LogP contribution in [0.25, 0.3) is 0 Å². The van der Waals surface area contributed by atoms with Gasteiger partial charge in [-0.1, -0.05) is 0 Å². The fourth-order valence-corrected chi connectivity index (χ4v) is 2.81. The smallest absolute Gasteiger partial charge is 0.226 e. The van der Waals surface area contributed by atoms with Gasteiger partial charge in [0.25, 0.3) is 0 Å². The Kier molecular flexibility index (Phi) is 2.67. The van der Waals surface area contributed by atoms with E-state index < -0.39 is 46.4 Å². The SMILES string of the molecule is N#C[C@H]1C[C@H]2O[C@H]1CC(=O)[C@@]2(O)c1occc(=O)c1O. The van der Waals surface area contributed by atoms with Crippen molar-refractivity contribution in [3.05, 3.63) is 28.3 Å². The van der Waals surface area contributed by atoms with Crippen molar-refractivity contribution in [2.45, 2.75) is 30.7 Å². The first-order valence-electron chi connectivity index (χ1n) is 6.10. The van der Waals surface area contributed by atoms with Crippen LogP contribution in [0, 0.1) is 17.2 Å².